The summed E-state index contributed by atoms with van der Waals surface area (Å²) >= 11 is 0. The fraction of sp³-hybridized carbons (Fsp3) is 0.875. The van der Waals surface area contributed by atoms with E-state index in [-0.39, 0.29) is 18.4 Å². The minimum atomic E-state index is -3.42. The lowest BCUT2D eigenvalue weighted by Gasteiger charge is -2.21. The summed E-state index contributed by atoms with van der Waals surface area (Å²) in [5.74, 6) is 0.0939. The zero-order valence-electron chi connectivity index (χ0n) is 9.84. The molecule has 0 aliphatic carbocycles. The molecule has 8 heteroatoms. The summed E-state index contributed by atoms with van der Waals surface area (Å²) in [4.78, 5) is 0. The van der Waals surface area contributed by atoms with Crippen LogP contribution in [0.3, 0.4) is 0 Å². The van der Waals surface area contributed by atoms with E-state index < -0.39 is 10.2 Å². The highest BCUT2D eigenvalue weighted by atomic mass is 32.2. The van der Waals surface area contributed by atoms with Gasteiger partial charge in [-0.25, -0.2) is 4.72 Å². The highest BCUT2D eigenvalue weighted by Crippen LogP contribution is 2.00. The monoisotopic (exact) mass is 252 g/mol. The zero-order valence-corrected chi connectivity index (χ0v) is 10.7. The molecule has 4 N–H and O–H groups in total. The molecule has 0 aliphatic rings. The molecule has 0 amide bonds. The van der Waals surface area contributed by atoms with Gasteiger partial charge >= 0.3 is 0 Å². The predicted octanol–water partition coefficient (Wildman–Crippen LogP) is -0.312. The average molecular weight is 252 g/mol. The number of rotatable bonds is 7. The SMILES string of the molecule is CC(C)N(C)S(=O)(=O)NCCCC(N)=NO. The molecule has 96 valence electrons. The van der Waals surface area contributed by atoms with Gasteiger partial charge in [0.05, 0.1) is 0 Å². The van der Waals surface area contributed by atoms with Gasteiger partial charge in [-0.3, -0.25) is 0 Å². The summed E-state index contributed by atoms with van der Waals surface area (Å²) in [5, 5.41) is 11.1. The second-order valence-corrected chi connectivity index (χ2v) is 5.52. The zero-order chi connectivity index (χ0) is 12.8. The first-order chi connectivity index (χ1) is 7.31. The maximum atomic E-state index is 11.6. The Labute approximate surface area is 96.5 Å². The van der Waals surface area contributed by atoms with Crippen LogP contribution in [0.2, 0.25) is 0 Å². The van der Waals surface area contributed by atoms with E-state index in [4.69, 9.17) is 10.9 Å². The van der Waals surface area contributed by atoms with Crippen molar-refractivity contribution in [3.05, 3.63) is 0 Å². The number of oxime groups is 1. The topological polar surface area (TPSA) is 108 Å². The highest BCUT2D eigenvalue weighted by Gasteiger charge is 2.19. The van der Waals surface area contributed by atoms with E-state index in [1.54, 1.807) is 13.8 Å². The van der Waals surface area contributed by atoms with Crippen LogP contribution >= 0.6 is 0 Å². The van der Waals surface area contributed by atoms with Crippen LogP contribution in [0.25, 0.3) is 0 Å². The molecule has 0 unspecified atom stereocenters. The minimum absolute atomic E-state index is 0.0939. The largest absolute Gasteiger partial charge is 0.409 e. The first kappa shape index (κ1) is 15.1. The number of hydrogen-bond acceptors (Lipinski definition) is 4. The Bertz CT molecular complexity index is 326. The normalized spacial score (nSPS) is 13.7. The summed E-state index contributed by atoms with van der Waals surface area (Å²) in [5.41, 5.74) is 5.24. The standard InChI is InChI=1S/C8H20N4O3S/c1-7(2)12(3)16(14,15)10-6-4-5-8(9)11-13/h7,10,13H,4-6H2,1-3H3,(H2,9,11). The van der Waals surface area contributed by atoms with Crippen LogP contribution < -0.4 is 10.5 Å². The van der Waals surface area contributed by atoms with Crippen LogP contribution in [0.4, 0.5) is 0 Å². The van der Waals surface area contributed by atoms with Crippen molar-refractivity contribution in [1.82, 2.24) is 9.03 Å². The lowest BCUT2D eigenvalue weighted by molar-refractivity contribution is 0.316. The van der Waals surface area contributed by atoms with Gasteiger partial charge in [-0.1, -0.05) is 5.16 Å². The van der Waals surface area contributed by atoms with Gasteiger partial charge < -0.3 is 10.9 Å². The summed E-state index contributed by atoms with van der Waals surface area (Å²) in [6.07, 6.45) is 0.839. The molecule has 0 aromatic rings. The Morgan fingerprint density at radius 3 is 2.56 bits per heavy atom. The van der Waals surface area contributed by atoms with Gasteiger partial charge in [-0.2, -0.15) is 12.7 Å². The molecule has 0 aliphatic heterocycles. The van der Waals surface area contributed by atoms with Gasteiger partial charge in [0.2, 0.25) is 0 Å². The minimum Gasteiger partial charge on any atom is -0.409 e. The van der Waals surface area contributed by atoms with E-state index >= 15 is 0 Å². The molecule has 0 radical (unpaired) electrons. The van der Waals surface area contributed by atoms with Crippen LogP contribution in [0.15, 0.2) is 5.16 Å². The van der Waals surface area contributed by atoms with E-state index in [1.165, 1.54) is 11.4 Å². The van der Waals surface area contributed by atoms with Crippen molar-refractivity contribution in [3.8, 4) is 0 Å². The third-order valence-corrected chi connectivity index (χ3v) is 3.88. The molecule has 0 rings (SSSR count). The Balaban J connectivity index is 4.02. The number of hydrogen-bond donors (Lipinski definition) is 3. The van der Waals surface area contributed by atoms with E-state index in [0.717, 1.165) is 0 Å². The van der Waals surface area contributed by atoms with E-state index in [1.807, 2.05) is 0 Å². The molecule has 16 heavy (non-hydrogen) atoms. The third-order valence-electron chi connectivity index (χ3n) is 2.13. The molecule has 0 atom stereocenters. The Morgan fingerprint density at radius 1 is 1.56 bits per heavy atom. The molecule has 0 fully saturated rings. The smallest absolute Gasteiger partial charge is 0.279 e. The summed E-state index contributed by atoms with van der Waals surface area (Å²) < 4.78 is 26.9. The fourth-order valence-corrected chi connectivity index (χ4v) is 2.06. The van der Waals surface area contributed by atoms with Crippen molar-refractivity contribution in [2.45, 2.75) is 32.7 Å². The molecule has 7 nitrogen and oxygen atoms in total. The van der Waals surface area contributed by atoms with Crippen molar-refractivity contribution in [1.29, 1.82) is 0 Å². The van der Waals surface area contributed by atoms with Crippen molar-refractivity contribution in [3.63, 3.8) is 0 Å². The van der Waals surface area contributed by atoms with Crippen molar-refractivity contribution >= 4 is 16.0 Å². The lowest BCUT2D eigenvalue weighted by Crippen LogP contribution is -2.42. The van der Waals surface area contributed by atoms with Gasteiger partial charge in [0.1, 0.15) is 5.84 Å². The van der Waals surface area contributed by atoms with Gasteiger partial charge in [0.15, 0.2) is 0 Å². The van der Waals surface area contributed by atoms with Gasteiger partial charge in [-0.05, 0) is 20.3 Å². The Hall–Kier alpha value is -0.860. The molecule has 0 spiro atoms. The second-order valence-electron chi connectivity index (χ2n) is 3.70. The number of amidine groups is 1. The van der Waals surface area contributed by atoms with Crippen LogP contribution in [0, 0.1) is 0 Å². The quantitative estimate of drug-likeness (QED) is 0.190. The highest BCUT2D eigenvalue weighted by molar-refractivity contribution is 7.87. The first-order valence-electron chi connectivity index (χ1n) is 5.00. The Kier molecular flexibility index (Phi) is 6.31. The van der Waals surface area contributed by atoms with Gasteiger partial charge in [0.25, 0.3) is 10.2 Å². The third kappa shape index (κ3) is 5.29. The molecular weight excluding hydrogens is 232 g/mol. The second kappa shape index (κ2) is 6.66. The number of nitrogens with one attached hydrogen (secondary N) is 1. The average Bonchev–Trinajstić information content (AvgIpc) is 2.22. The lowest BCUT2D eigenvalue weighted by atomic mass is 10.3. The van der Waals surface area contributed by atoms with Crippen LogP contribution in [-0.4, -0.2) is 43.4 Å². The van der Waals surface area contributed by atoms with Gasteiger partial charge in [0, 0.05) is 26.1 Å². The maximum Gasteiger partial charge on any atom is 0.279 e. The molecule has 0 aromatic heterocycles. The van der Waals surface area contributed by atoms with E-state index in [9.17, 15) is 8.42 Å². The maximum absolute atomic E-state index is 11.6. The van der Waals surface area contributed by atoms with Gasteiger partial charge in [-0.15, -0.1) is 0 Å². The van der Waals surface area contributed by atoms with Crippen molar-refractivity contribution in [2.75, 3.05) is 13.6 Å². The van der Waals surface area contributed by atoms with Crippen molar-refractivity contribution in [2.24, 2.45) is 10.9 Å². The number of nitrogens with two attached hydrogens (primary N) is 1. The van der Waals surface area contributed by atoms with Crippen LogP contribution in [0.1, 0.15) is 26.7 Å². The number of nitrogens with zero attached hydrogens (tertiary/aromatic N) is 2. The van der Waals surface area contributed by atoms with Crippen LogP contribution in [-0.2, 0) is 10.2 Å². The van der Waals surface area contributed by atoms with E-state index in [0.29, 0.717) is 12.8 Å². The molecule has 0 saturated heterocycles. The Morgan fingerprint density at radius 2 is 2.12 bits per heavy atom. The summed E-state index contributed by atoms with van der Waals surface area (Å²) in [7, 11) is -1.91. The summed E-state index contributed by atoms with van der Waals surface area (Å²) in [6.45, 7) is 3.83. The molecule has 0 saturated carbocycles. The molecule has 0 heterocycles. The molecule has 0 aromatic carbocycles. The fourth-order valence-electron chi connectivity index (χ4n) is 0.900. The molecular formula is C8H20N4O3S. The predicted molar refractivity (Wildman–Crippen MR) is 62.5 cm³/mol. The first-order valence-corrected chi connectivity index (χ1v) is 6.44. The van der Waals surface area contributed by atoms with Crippen LogP contribution in [0.5, 0.6) is 0 Å². The summed E-state index contributed by atoms with van der Waals surface area (Å²) in [6, 6.07) is -0.0958. The van der Waals surface area contributed by atoms with E-state index in [2.05, 4.69) is 9.88 Å². The van der Waals surface area contributed by atoms with Crippen molar-refractivity contribution < 1.29 is 13.6 Å². The molecule has 0 bridgehead atoms.